The van der Waals surface area contributed by atoms with Crippen LogP contribution >= 0.6 is 0 Å². The topological polar surface area (TPSA) is 9.23 Å². The van der Waals surface area contributed by atoms with E-state index in [1.54, 1.807) is 11.1 Å². The van der Waals surface area contributed by atoms with Crippen molar-refractivity contribution >= 4 is 0 Å². The maximum Gasteiger partial charge on any atom is 0.0627 e. The van der Waals surface area contributed by atoms with Crippen molar-refractivity contribution in [2.45, 2.75) is 57.5 Å². The summed E-state index contributed by atoms with van der Waals surface area (Å²) in [5.74, 6) is 2.62. The Bertz CT molecular complexity index is 508. The number of aryl methyl sites for hydroxylation is 1. The lowest BCUT2D eigenvalue weighted by Crippen LogP contribution is -2.44. The van der Waals surface area contributed by atoms with E-state index in [9.17, 15) is 0 Å². The third kappa shape index (κ3) is 1.65. The number of methoxy groups -OCH3 is 1. The summed E-state index contributed by atoms with van der Waals surface area (Å²) >= 11 is 0. The molecular weight excluding hydrogens is 244 g/mol. The van der Waals surface area contributed by atoms with Crippen LogP contribution in [-0.2, 0) is 11.2 Å². The van der Waals surface area contributed by atoms with E-state index in [1.807, 2.05) is 7.11 Å². The first kappa shape index (κ1) is 12.9. The molecule has 20 heavy (non-hydrogen) atoms. The van der Waals surface area contributed by atoms with Crippen LogP contribution < -0.4 is 0 Å². The van der Waals surface area contributed by atoms with Crippen LogP contribution in [0.1, 0.15) is 56.1 Å². The molecule has 5 unspecified atom stereocenters. The number of fused-ring (bicyclic) bond motifs is 5. The minimum Gasteiger partial charge on any atom is -0.381 e. The van der Waals surface area contributed by atoms with Gasteiger partial charge in [0.1, 0.15) is 0 Å². The summed E-state index contributed by atoms with van der Waals surface area (Å²) in [4.78, 5) is 0. The quantitative estimate of drug-likeness (QED) is 0.727. The molecule has 0 amide bonds. The van der Waals surface area contributed by atoms with Crippen molar-refractivity contribution in [1.82, 2.24) is 0 Å². The van der Waals surface area contributed by atoms with Crippen molar-refractivity contribution in [3.63, 3.8) is 0 Å². The van der Waals surface area contributed by atoms with E-state index in [1.165, 1.54) is 38.5 Å². The number of rotatable bonds is 1. The average Bonchev–Trinajstić information content (AvgIpc) is 2.83. The minimum absolute atomic E-state index is 0.447. The molecule has 1 nitrogen and oxygen atoms in total. The first-order valence-electron chi connectivity index (χ1n) is 8.34. The third-order valence-electron chi connectivity index (χ3n) is 6.84. The lowest BCUT2D eigenvalue weighted by molar-refractivity contribution is -0.0444. The van der Waals surface area contributed by atoms with Crippen molar-refractivity contribution in [3.8, 4) is 0 Å². The van der Waals surface area contributed by atoms with Crippen LogP contribution in [0.5, 0.6) is 0 Å². The fourth-order valence-electron chi connectivity index (χ4n) is 5.86. The maximum absolute atomic E-state index is 5.83. The van der Waals surface area contributed by atoms with Gasteiger partial charge in [0, 0.05) is 7.11 Å². The number of ether oxygens (including phenoxy) is 1. The number of hydrogen-bond donors (Lipinski definition) is 0. The van der Waals surface area contributed by atoms with E-state index in [-0.39, 0.29) is 0 Å². The SMILES string of the molecule is COC1CCC2C3CCc4ccccc4C3CCC12C. The van der Waals surface area contributed by atoms with Crippen LogP contribution in [0.3, 0.4) is 0 Å². The summed E-state index contributed by atoms with van der Waals surface area (Å²) in [7, 11) is 1.92. The molecule has 2 fully saturated rings. The molecule has 0 aliphatic heterocycles. The predicted octanol–water partition coefficient (Wildman–Crippen LogP) is 4.56. The predicted molar refractivity (Wildman–Crippen MR) is 81.9 cm³/mol. The Kier molecular flexibility index (Phi) is 2.96. The van der Waals surface area contributed by atoms with Crippen molar-refractivity contribution < 1.29 is 4.74 Å². The zero-order chi connectivity index (χ0) is 13.7. The molecule has 5 atom stereocenters. The zero-order valence-electron chi connectivity index (χ0n) is 12.8. The van der Waals surface area contributed by atoms with Crippen LogP contribution in [0.15, 0.2) is 24.3 Å². The average molecular weight is 270 g/mol. The monoisotopic (exact) mass is 270 g/mol. The summed E-state index contributed by atoms with van der Waals surface area (Å²) in [6.07, 6.45) is 8.59. The van der Waals surface area contributed by atoms with Gasteiger partial charge in [-0.05, 0) is 72.8 Å². The molecule has 3 aliphatic rings. The zero-order valence-corrected chi connectivity index (χ0v) is 12.8. The molecule has 0 aromatic heterocycles. The molecule has 2 saturated carbocycles. The normalized spacial score (nSPS) is 42.7. The molecule has 0 saturated heterocycles. The molecule has 1 aromatic rings. The van der Waals surface area contributed by atoms with E-state index in [2.05, 4.69) is 31.2 Å². The Morgan fingerprint density at radius 1 is 1.10 bits per heavy atom. The largest absolute Gasteiger partial charge is 0.381 e. The molecule has 1 aromatic carbocycles. The molecule has 0 heterocycles. The lowest BCUT2D eigenvalue weighted by Gasteiger charge is -2.50. The van der Waals surface area contributed by atoms with Gasteiger partial charge in [-0.25, -0.2) is 0 Å². The Morgan fingerprint density at radius 3 is 2.80 bits per heavy atom. The Labute approximate surface area is 122 Å². The Hall–Kier alpha value is -0.820. The van der Waals surface area contributed by atoms with Gasteiger partial charge in [-0.1, -0.05) is 31.2 Å². The molecule has 4 rings (SSSR count). The minimum atomic E-state index is 0.447. The molecule has 3 aliphatic carbocycles. The third-order valence-corrected chi connectivity index (χ3v) is 6.84. The summed E-state index contributed by atoms with van der Waals surface area (Å²) in [6.45, 7) is 2.51. The van der Waals surface area contributed by atoms with E-state index in [0.29, 0.717) is 11.5 Å². The lowest BCUT2D eigenvalue weighted by atomic mass is 9.55. The van der Waals surface area contributed by atoms with E-state index in [0.717, 1.165) is 17.8 Å². The van der Waals surface area contributed by atoms with Crippen LogP contribution in [0.2, 0.25) is 0 Å². The van der Waals surface area contributed by atoms with Crippen molar-refractivity contribution in [2.75, 3.05) is 7.11 Å². The highest BCUT2D eigenvalue weighted by Gasteiger charge is 2.54. The summed E-state index contributed by atoms with van der Waals surface area (Å²) in [5.41, 5.74) is 3.74. The van der Waals surface area contributed by atoms with Gasteiger partial charge < -0.3 is 4.74 Å². The number of hydrogen-bond acceptors (Lipinski definition) is 1. The summed E-state index contributed by atoms with van der Waals surface area (Å²) in [6, 6.07) is 9.20. The van der Waals surface area contributed by atoms with E-state index in [4.69, 9.17) is 4.74 Å². The van der Waals surface area contributed by atoms with Crippen LogP contribution in [0.4, 0.5) is 0 Å². The second-order valence-corrected chi connectivity index (χ2v) is 7.46. The maximum atomic E-state index is 5.83. The molecule has 108 valence electrons. The molecule has 0 radical (unpaired) electrons. The molecule has 1 heteroatoms. The smallest absolute Gasteiger partial charge is 0.0627 e. The van der Waals surface area contributed by atoms with Gasteiger partial charge in [-0.2, -0.15) is 0 Å². The summed E-state index contributed by atoms with van der Waals surface area (Å²) < 4.78 is 5.83. The molecule has 0 spiro atoms. The standard InChI is InChI=1S/C19H26O/c1-19-12-11-15-14-6-4-3-5-13(14)7-8-16(15)17(19)9-10-18(19)20-2/h3-6,15-18H,7-12H2,1-2H3. The van der Waals surface area contributed by atoms with Gasteiger partial charge in [0.15, 0.2) is 0 Å². The summed E-state index contributed by atoms with van der Waals surface area (Å²) in [5, 5.41) is 0. The van der Waals surface area contributed by atoms with Crippen molar-refractivity contribution in [2.24, 2.45) is 17.3 Å². The highest BCUT2D eigenvalue weighted by Crippen LogP contribution is 2.61. The Balaban J connectivity index is 1.69. The van der Waals surface area contributed by atoms with Crippen molar-refractivity contribution in [3.05, 3.63) is 35.4 Å². The molecule has 0 N–H and O–H groups in total. The van der Waals surface area contributed by atoms with Crippen LogP contribution in [-0.4, -0.2) is 13.2 Å². The molecular formula is C19H26O. The van der Waals surface area contributed by atoms with Gasteiger partial charge in [-0.15, -0.1) is 0 Å². The fourth-order valence-corrected chi connectivity index (χ4v) is 5.86. The van der Waals surface area contributed by atoms with Crippen LogP contribution in [0.25, 0.3) is 0 Å². The van der Waals surface area contributed by atoms with Crippen LogP contribution in [0, 0.1) is 17.3 Å². The van der Waals surface area contributed by atoms with Gasteiger partial charge in [0.2, 0.25) is 0 Å². The second kappa shape index (κ2) is 4.59. The van der Waals surface area contributed by atoms with Crippen molar-refractivity contribution in [1.29, 1.82) is 0 Å². The molecule has 0 bridgehead atoms. The van der Waals surface area contributed by atoms with Gasteiger partial charge in [0.05, 0.1) is 6.10 Å². The highest BCUT2D eigenvalue weighted by atomic mass is 16.5. The number of benzene rings is 1. The second-order valence-electron chi connectivity index (χ2n) is 7.46. The highest BCUT2D eigenvalue weighted by molar-refractivity contribution is 5.34. The van der Waals surface area contributed by atoms with Gasteiger partial charge in [0.25, 0.3) is 0 Å². The first-order chi connectivity index (χ1) is 9.74. The van der Waals surface area contributed by atoms with Gasteiger partial charge in [-0.3, -0.25) is 0 Å². The van der Waals surface area contributed by atoms with E-state index >= 15 is 0 Å². The Morgan fingerprint density at radius 2 is 1.95 bits per heavy atom. The van der Waals surface area contributed by atoms with Gasteiger partial charge >= 0.3 is 0 Å². The fraction of sp³-hybridized carbons (Fsp3) is 0.684. The first-order valence-corrected chi connectivity index (χ1v) is 8.34. The van der Waals surface area contributed by atoms with E-state index < -0.39 is 0 Å².